The van der Waals surface area contributed by atoms with Gasteiger partial charge in [-0.05, 0) is 49.9 Å². The molecule has 2 heterocycles. The maximum atomic E-state index is 9.62. The van der Waals surface area contributed by atoms with Crippen LogP contribution in [0.25, 0.3) is 11.5 Å². The van der Waals surface area contributed by atoms with E-state index in [2.05, 4.69) is 59.3 Å². The van der Waals surface area contributed by atoms with Crippen LogP contribution in [0.3, 0.4) is 0 Å². The largest absolute Gasteiger partial charge is 0.508 e. The Morgan fingerprint density at radius 3 is 2.69 bits per heavy atom. The zero-order valence-electron chi connectivity index (χ0n) is 15.1. The number of aromatic nitrogens is 2. The summed E-state index contributed by atoms with van der Waals surface area (Å²) >= 11 is 0. The van der Waals surface area contributed by atoms with Crippen molar-refractivity contribution in [1.82, 2.24) is 15.1 Å². The number of hydrogen-bond donors (Lipinski definition) is 1. The van der Waals surface area contributed by atoms with Crippen LogP contribution in [0, 0.1) is 0 Å². The Balaban J connectivity index is 1.50. The molecule has 0 aliphatic carbocycles. The first kappa shape index (κ1) is 16.8. The van der Waals surface area contributed by atoms with Gasteiger partial charge in [0, 0.05) is 17.6 Å². The zero-order valence-corrected chi connectivity index (χ0v) is 15.1. The van der Waals surface area contributed by atoms with Crippen molar-refractivity contribution in [3.05, 3.63) is 66.1 Å². The fourth-order valence-corrected chi connectivity index (χ4v) is 3.77. The van der Waals surface area contributed by atoms with E-state index >= 15 is 0 Å². The number of aromatic hydroxyl groups is 1. The number of nitrogens with zero attached hydrogens (tertiary/aromatic N) is 3. The number of hydrogen-bond acceptors (Lipinski definition) is 5. The molecular formula is C21H23N3O2. The van der Waals surface area contributed by atoms with Gasteiger partial charge in [-0.1, -0.05) is 36.4 Å². The fourth-order valence-electron chi connectivity index (χ4n) is 3.77. The second-order valence-corrected chi connectivity index (χ2v) is 7.56. The van der Waals surface area contributed by atoms with Crippen molar-refractivity contribution in [2.45, 2.75) is 38.3 Å². The molecule has 0 radical (unpaired) electrons. The van der Waals surface area contributed by atoms with E-state index in [1.807, 2.05) is 6.07 Å². The van der Waals surface area contributed by atoms with Gasteiger partial charge in [-0.3, -0.25) is 4.90 Å². The molecule has 1 aromatic heterocycles. The van der Waals surface area contributed by atoms with Crippen LogP contribution < -0.4 is 0 Å². The fraction of sp³-hybridized carbons (Fsp3) is 0.333. The second kappa shape index (κ2) is 6.57. The smallest absolute Gasteiger partial charge is 0.247 e. The van der Waals surface area contributed by atoms with E-state index in [0.29, 0.717) is 24.2 Å². The molecule has 1 atom stereocenters. The molecule has 1 aliphatic rings. The molecule has 1 N–H and O–H groups in total. The third-order valence-corrected chi connectivity index (χ3v) is 5.20. The number of phenols is 1. The molecule has 0 bridgehead atoms. The lowest BCUT2D eigenvalue weighted by Gasteiger charge is -2.29. The van der Waals surface area contributed by atoms with Crippen LogP contribution in [0.5, 0.6) is 5.75 Å². The summed E-state index contributed by atoms with van der Waals surface area (Å²) in [5.74, 6) is 1.74. The van der Waals surface area contributed by atoms with Crippen LogP contribution in [0.2, 0.25) is 0 Å². The zero-order chi connectivity index (χ0) is 18.1. The lowest BCUT2D eigenvalue weighted by molar-refractivity contribution is 0.151. The molecule has 134 valence electrons. The van der Waals surface area contributed by atoms with Gasteiger partial charge in [0.25, 0.3) is 0 Å². The van der Waals surface area contributed by atoms with E-state index in [9.17, 15) is 5.11 Å². The molecule has 1 aliphatic heterocycles. The summed E-state index contributed by atoms with van der Waals surface area (Å²) in [6.45, 7) is 6.13. The molecule has 26 heavy (non-hydrogen) atoms. The Morgan fingerprint density at radius 2 is 1.92 bits per heavy atom. The molecule has 4 rings (SSSR count). The third kappa shape index (κ3) is 3.35. The average molecular weight is 349 g/mol. The molecule has 0 spiro atoms. The van der Waals surface area contributed by atoms with Crippen molar-refractivity contribution < 1.29 is 9.52 Å². The van der Waals surface area contributed by atoms with E-state index in [0.717, 1.165) is 18.5 Å². The van der Waals surface area contributed by atoms with Crippen molar-refractivity contribution >= 4 is 0 Å². The average Bonchev–Trinajstić information content (AvgIpc) is 3.21. The van der Waals surface area contributed by atoms with Crippen molar-refractivity contribution in [2.75, 3.05) is 6.54 Å². The summed E-state index contributed by atoms with van der Waals surface area (Å²) in [6, 6.07) is 17.5. The van der Waals surface area contributed by atoms with E-state index in [-0.39, 0.29) is 11.3 Å². The summed E-state index contributed by atoms with van der Waals surface area (Å²) in [6.07, 6.45) is 1.10. The highest BCUT2D eigenvalue weighted by atomic mass is 16.4. The summed E-state index contributed by atoms with van der Waals surface area (Å²) in [5.41, 5.74) is 2.18. The van der Waals surface area contributed by atoms with Crippen molar-refractivity contribution in [1.29, 1.82) is 0 Å². The van der Waals surface area contributed by atoms with Crippen LogP contribution in [-0.2, 0) is 6.54 Å². The summed E-state index contributed by atoms with van der Waals surface area (Å²) < 4.78 is 5.85. The normalized spacial score (nSPS) is 19.7. The van der Waals surface area contributed by atoms with E-state index in [4.69, 9.17) is 4.42 Å². The van der Waals surface area contributed by atoms with Gasteiger partial charge in [-0.2, -0.15) is 0 Å². The maximum absolute atomic E-state index is 9.62. The Morgan fingerprint density at radius 1 is 1.12 bits per heavy atom. The van der Waals surface area contributed by atoms with Gasteiger partial charge in [-0.25, -0.2) is 0 Å². The minimum atomic E-state index is 0.0696. The van der Waals surface area contributed by atoms with Crippen molar-refractivity contribution in [2.24, 2.45) is 0 Å². The number of benzene rings is 2. The van der Waals surface area contributed by atoms with Gasteiger partial charge >= 0.3 is 0 Å². The standard InChI is InChI=1S/C21H23N3O2/c1-21(2)12-17(15-7-4-3-5-8-15)13-24(21)14-19-22-23-20(26-19)16-9-6-10-18(25)11-16/h3-11,17,25H,12-14H2,1-2H3. The highest BCUT2D eigenvalue weighted by Crippen LogP contribution is 2.39. The molecule has 5 nitrogen and oxygen atoms in total. The Hall–Kier alpha value is -2.66. The molecule has 3 aromatic rings. The van der Waals surface area contributed by atoms with Gasteiger partial charge in [0.05, 0.1) is 6.54 Å². The molecule has 0 saturated carbocycles. The van der Waals surface area contributed by atoms with Crippen LogP contribution in [-0.4, -0.2) is 32.3 Å². The molecule has 1 saturated heterocycles. The van der Waals surface area contributed by atoms with Crippen LogP contribution in [0.1, 0.15) is 37.6 Å². The number of phenolic OH excluding ortho intramolecular Hbond substituents is 1. The third-order valence-electron chi connectivity index (χ3n) is 5.20. The van der Waals surface area contributed by atoms with Crippen molar-refractivity contribution in [3.63, 3.8) is 0 Å². The topological polar surface area (TPSA) is 62.4 Å². The molecule has 2 aromatic carbocycles. The minimum Gasteiger partial charge on any atom is -0.508 e. The molecule has 1 unspecified atom stereocenters. The lowest BCUT2D eigenvalue weighted by Crippen LogP contribution is -2.37. The van der Waals surface area contributed by atoms with Crippen LogP contribution >= 0.6 is 0 Å². The number of rotatable bonds is 4. The predicted molar refractivity (Wildman–Crippen MR) is 99.7 cm³/mol. The first-order valence-electron chi connectivity index (χ1n) is 8.93. The maximum Gasteiger partial charge on any atom is 0.247 e. The second-order valence-electron chi connectivity index (χ2n) is 7.56. The summed E-state index contributed by atoms with van der Waals surface area (Å²) in [4.78, 5) is 2.41. The van der Waals surface area contributed by atoms with Gasteiger partial charge in [0.1, 0.15) is 5.75 Å². The van der Waals surface area contributed by atoms with Crippen LogP contribution in [0.15, 0.2) is 59.0 Å². The van der Waals surface area contributed by atoms with E-state index in [1.165, 1.54) is 5.56 Å². The van der Waals surface area contributed by atoms with E-state index < -0.39 is 0 Å². The first-order chi connectivity index (χ1) is 12.5. The molecule has 0 amide bonds. The SMILES string of the molecule is CC1(C)CC(c2ccccc2)CN1Cc1nnc(-c2cccc(O)c2)o1. The van der Waals surface area contributed by atoms with Gasteiger partial charge in [0.15, 0.2) is 0 Å². The molecule has 1 fully saturated rings. The van der Waals surface area contributed by atoms with Gasteiger partial charge in [0.2, 0.25) is 11.8 Å². The molecule has 5 heteroatoms. The van der Waals surface area contributed by atoms with Crippen molar-refractivity contribution in [3.8, 4) is 17.2 Å². The lowest BCUT2D eigenvalue weighted by atomic mass is 9.91. The van der Waals surface area contributed by atoms with Gasteiger partial charge in [-0.15, -0.1) is 10.2 Å². The highest BCUT2D eigenvalue weighted by Gasteiger charge is 2.39. The van der Waals surface area contributed by atoms with Gasteiger partial charge < -0.3 is 9.52 Å². The number of likely N-dealkylation sites (tertiary alicyclic amines) is 1. The highest BCUT2D eigenvalue weighted by molar-refractivity contribution is 5.55. The van der Waals surface area contributed by atoms with E-state index in [1.54, 1.807) is 18.2 Å². The molecular weight excluding hydrogens is 326 g/mol. The first-order valence-corrected chi connectivity index (χ1v) is 8.93. The Labute approximate surface area is 153 Å². The van der Waals surface area contributed by atoms with Crippen LogP contribution in [0.4, 0.5) is 0 Å². The summed E-state index contributed by atoms with van der Waals surface area (Å²) in [7, 11) is 0. The Bertz CT molecular complexity index is 889. The minimum absolute atomic E-state index is 0.0696. The summed E-state index contributed by atoms with van der Waals surface area (Å²) in [5, 5.41) is 18.0. The monoisotopic (exact) mass is 349 g/mol. The quantitative estimate of drug-likeness (QED) is 0.764. The Kier molecular flexibility index (Phi) is 4.24. The predicted octanol–water partition coefficient (Wildman–Crippen LogP) is 4.21.